The molecule has 2 rings (SSSR count). The van der Waals surface area contributed by atoms with Crippen LogP contribution in [0.2, 0.25) is 0 Å². The van der Waals surface area contributed by atoms with E-state index in [9.17, 15) is 12.8 Å². The molecule has 0 saturated carbocycles. The lowest BCUT2D eigenvalue weighted by molar-refractivity contribution is 0.593. The summed E-state index contributed by atoms with van der Waals surface area (Å²) >= 11 is 6.27. The first kappa shape index (κ1) is 15.5. The Labute approximate surface area is 133 Å². The molecule has 0 spiro atoms. The molecule has 3 nitrogen and oxygen atoms in total. The number of sulfonamides is 1. The molecule has 0 atom stereocenters. The predicted molar refractivity (Wildman–Crippen MR) is 83.8 cm³/mol. The van der Waals surface area contributed by atoms with Gasteiger partial charge in [0.15, 0.2) is 0 Å². The topological polar surface area (TPSA) is 46.2 Å². The average molecular weight is 423 g/mol. The second-order valence-corrected chi connectivity index (χ2v) is 7.56. The molecule has 0 unspecified atom stereocenters. The van der Waals surface area contributed by atoms with Gasteiger partial charge in [0, 0.05) is 4.47 Å². The quantitative estimate of drug-likeness (QED) is 0.793. The summed E-state index contributed by atoms with van der Waals surface area (Å²) in [6.45, 7) is 1.90. The van der Waals surface area contributed by atoms with Crippen LogP contribution in [-0.4, -0.2) is 8.42 Å². The molecule has 1 N–H and O–H groups in total. The molecule has 0 bridgehead atoms. The molecule has 0 aliphatic heterocycles. The molecule has 0 heterocycles. The van der Waals surface area contributed by atoms with Crippen molar-refractivity contribution in [1.82, 2.24) is 0 Å². The molecular weight excluding hydrogens is 413 g/mol. The fourth-order valence-corrected chi connectivity index (χ4v) is 3.61. The van der Waals surface area contributed by atoms with Crippen LogP contribution in [0, 0.1) is 12.7 Å². The molecule has 20 heavy (non-hydrogen) atoms. The summed E-state index contributed by atoms with van der Waals surface area (Å²) < 4.78 is 41.1. The van der Waals surface area contributed by atoms with Crippen LogP contribution >= 0.6 is 31.9 Å². The number of nitrogens with one attached hydrogen (secondary N) is 1. The minimum atomic E-state index is -3.83. The molecule has 0 fully saturated rings. The molecule has 0 aliphatic rings. The molecular formula is C13H10Br2FNO2S. The van der Waals surface area contributed by atoms with Gasteiger partial charge < -0.3 is 0 Å². The number of benzene rings is 2. The minimum Gasteiger partial charge on any atom is -0.278 e. The molecule has 7 heteroatoms. The Bertz CT molecular complexity index is 763. The zero-order chi connectivity index (χ0) is 14.9. The second-order valence-electron chi connectivity index (χ2n) is 4.16. The molecule has 0 amide bonds. The third-order valence-electron chi connectivity index (χ3n) is 2.57. The van der Waals surface area contributed by atoms with Crippen molar-refractivity contribution in [3.8, 4) is 0 Å². The highest BCUT2D eigenvalue weighted by atomic mass is 79.9. The van der Waals surface area contributed by atoms with Crippen LogP contribution in [0.1, 0.15) is 5.56 Å². The van der Waals surface area contributed by atoms with Crippen LogP contribution in [0.15, 0.2) is 50.2 Å². The summed E-state index contributed by atoms with van der Waals surface area (Å²) in [5, 5.41) is 0. The Morgan fingerprint density at radius 3 is 2.35 bits per heavy atom. The first-order valence-corrected chi connectivity index (χ1v) is 8.60. The van der Waals surface area contributed by atoms with E-state index >= 15 is 0 Å². The van der Waals surface area contributed by atoms with E-state index in [1.807, 2.05) is 6.92 Å². The Morgan fingerprint density at radius 1 is 1.05 bits per heavy atom. The van der Waals surface area contributed by atoms with Gasteiger partial charge in [-0.25, -0.2) is 12.8 Å². The Hall–Kier alpha value is -0.920. The smallest absolute Gasteiger partial charge is 0.262 e. The highest BCUT2D eigenvalue weighted by Crippen LogP contribution is 2.27. The van der Waals surface area contributed by atoms with Crippen LogP contribution in [0.25, 0.3) is 0 Å². The summed E-state index contributed by atoms with van der Waals surface area (Å²) in [6.07, 6.45) is 0. The number of halogens is 3. The van der Waals surface area contributed by atoms with Crippen molar-refractivity contribution in [2.45, 2.75) is 11.8 Å². The van der Waals surface area contributed by atoms with Gasteiger partial charge in [-0.15, -0.1) is 0 Å². The molecule has 2 aromatic rings. The zero-order valence-corrected chi connectivity index (χ0v) is 14.3. The SMILES string of the molecule is Cc1ccc(NS(=O)(=O)c2ccc(Br)c(F)c2)c(Br)c1. The van der Waals surface area contributed by atoms with Gasteiger partial charge in [0.1, 0.15) is 5.82 Å². The minimum absolute atomic E-state index is 0.134. The van der Waals surface area contributed by atoms with E-state index in [2.05, 4.69) is 36.6 Å². The van der Waals surface area contributed by atoms with E-state index < -0.39 is 15.8 Å². The summed E-state index contributed by atoms with van der Waals surface area (Å²) in [5.41, 5.74) is 1.40. The fraction of sp³-hybridized carbons (Fsp3) is 0.0769. The summed E-state index contributed by atoms with van der Waals surface area (Å²) in [6, 6.07) is 8.87. The normalized spacial score (nSPS) is 11.4. The predicted octanol–water partition coefficient (Wildman–Crippen LogP) is 4.46. The second kappa shape index (κ2) is 5.83. The van der Waals surface area contributed by atoms with Crippen molar-refractivity contribution in [3.05, 3.63) is 56.7 Å². The lowest BCUT2D eigenvalue weighted by Crippen LogP contribution is -2.13. The van der Waals surface area contributed by atoms with E-state index in [1.165, 1.54) is 12.1 Å². The van der Waals surface area contributed by atoms with E-state index in [4.69, 9.17) is 0 Å². The summed E-state index contributed by atoms with van der Waals surface area (Å²) in [7, 11) is -3.83. The van der Waals surface area contributed by atoms with Crippen molar-refractivity contribution in [2.75, 3.05) is 4.72 Å². The van der Waals surface area contributed by atoms with Gasteiger partial charge in [0.25, 0.3) is 10.0 Å². The summed E-state index contributed by atoms with van der Waals surface area (Å²) in [4.78, 5) is -0.134. The molecule has 106 valence electrons. The van der Waals surface area contributed by atoms with Gasteiger partial charge in [-0.1, -0.05) is 6.07 Å². The standard InChI is InChI=1S/C13H10Br2FNO2S/c1-8-2-5-13(11(15)6-8)17-20(18,19)9-3-4-10(14)12(16)7-9/h2-7,17H,1H3. The Morgan fingerprint density at radius 2 is 1.75 bits per heavy atom. The third-order valence-corrected chi connectivity index (χ3v) is 5.23. The summed E-state index contributed by atoms with van der Waals surface area (Å²) in [5.74, 6) is -0.629. The molecule has 0 aliphatic carbocycles. The van der Waals surface area contributed by atoms with Crippen molar-refractivity contribution in [2.24, 2.45) is 0 Å². The number of hydrogen-bond donors (Lipinski definition) is 1. The third kappa shape index (κ3) is 3.39. The number of aryl methyl sites for hydroxylation is 1. The Kier molecular flexibility index (Phi) is 4.51. The molecule has 0 saturated heterocycles. The first-order chi connectivity index (χ1) is 9.29. The van der Waals surface area contributed by atoms with Crippen LogP contribution in [0.5, 0.6) is 0 Å². The average Bonchev–Trinajstić information content (AvgIpc) is 2.36. The van der Waals surface area contributed by atoms with Gasteiger partial charge >= 0.3 is 0 Å². The zero-order valence-electron chi connectivity index (χ0n) is 10.3. The van der Waals surface area contributed by atoms with E-state index in [0.717, 1.165) is 11.6 Å². The molecule has 0 radical (unpaired) electrons. The van der Waals surface area contributed by atoms with Crippen molar-refractivity contribution >= 4 is 47.6 Å². The largest absolute Gasteiger partial charge is 0.278 e. The highest BCUT2D eigenvalue weighted by molar-refractivity contribution is 9.10. The van der Waals surface area contributed by atoms with E-state index in [1.54, 1.807) is 18.2 Å². The van der Waals surface area contributed by atoms with E-state index in [-0.39, 0.29) is 9.37 Å². The van der Waals surface area contributed by atoms with Crippen molar-refractivity contribution in [1.29, 1.82) is 0 Å². The lowest BCUT2D eigenvalue weighted by atomic mass is 10.2. The van der Waals surface area contributed by atoms with Crippen LogP contribution < -0.4 is 4.72 Å². The van der Waals surface area contributed by atoms with Gasteiger partial charge in [0.2, 0.25) is 0 Å². The van der Waals surface area contributed by atoms with E-state index in [0.29, 0.717) is 10.2 Å². The van der Waals surface area contributed by atoms with Gasteiger partial charge in [-0.2, -0.15) is 0 Å². The first-order valence-electron chi connectivity index (χ1n) is 5.53. The maximum Gasteiger partial charge on any atom is 0.262 e. The lowest BCUT2D eigenvalue weighted by Gasteiger charge is -2.10. The maximum absolute atomic E-state index is 13.4. The monoisotopic (exact) mass is 421 g/mol. The Balaban J connectivity index is 2.38. The van der Waals surface area contributed by atoms with Crippen LogP contribution in [-0.2, 0) is 10.0 Å². The molecule has 2 aromatic carbocycles. The van der Waals surface area contributed by atoms with Crippen molar-refractivity contribution in [3.63, 3.8) is 0 Å². The maximum atomic E-state index is 13.4. The highest BCUT2D eigenvalue weighted by Gasteiger charge is 2.17. The molecule has 0 aromatic heterocycles. The van der Waals surface area contributed by atoms with Crippen molar-refractivity contribution < 1.29 is 12.8 Å². The number of anilines is 1. The fourth-order valence-electron chi connectivity index (χ4n) is 1.55. The van der Waals surface area contributed by atoms with Gasteiger partial charge in [0.05, 0.1) is 15.1 Å². The number of hydrogen-bond acceptors (Lipinski definition) is 2. The van der Waals surface area contributed by atoms with Crippen LogP contribution in [0.3, 0.4) is 0 Å². The number of rotatable bonds is 3. The van der Waals surface area contributed by atoms with Gasteiger partial charge in [-0.05, 0) is 74.7 Å². The van der Waals surface area contributed by atoms with Gasteiger partial charge in [-0.3, -0.25) is 4.72 Å². The van der Waals surface area contributed by atoms with Crippen LogP contribution in [0.4, 0.5) is 10.1 Å².